The predicted octanol–water partition coefficient (Wildman–Crippen LogP) is 1.94. The molecule has 4 heterocycles. The molecule has 24 heavy (non-hydrogen) atoms. The van der Waals surface area contributed by atoms with E-state index in [0.717, 1.165) is 17.9 Å². The number of ether oxygens (including phenoxy) is 5. The molecule has 4 aliphatic heterocycles. The Morgan fingerprint density at radius 2 is 1.62 bits per heavy atom. The predicted molar refractivity (Wildman–Crippen MR) is 91.9 cm³/mol. The van der Waals surface area contributed by atoms with Gasteiger partial charge in [0.15, 0.2) is 17.9 Å². The molecule has 4 fully saturated rings. The van der Waals surface area contributed by atoms with Crippen molar-refractivity contribution in [3.63, 3.8) is 0 Å². The summed E-state index contributed by atoms with van der Waals surface area (Å²) in [4.78, 5) is 0. The zero-order valence-corrected chi connectivity index (χ0v) is 16.2. The molecule has 0 spiro atoms. The largest absolute Gasteiger partial charge is 0.382 e. The standard InChI is InChI=1S/C16H26O6S2/c1-14(2)18-8-9(20-14)10-16(17,13-23-6-5-7-24-13)11-12(19-10)22-15(3,4)21-11/h9-13,17H,5-8H2,1-4H3/t9-,10-,11+,12-,16-/m1/s1. The maximum Gasteiger partial charge on any atom is 0.190 e. The Labute approximate surface area is 151 Å². The highest BCUT2D eigenvalue weighted by atomic mass is 32.2. The molecule has 4 aliphatic rings. The Balaban J connectivity index is 1.63. The van der Waals surface area contributed by atoms with Gasteiger partial charge in [-0.1, -0.05) is 0 Å². The smallest absolute Gasteiger partial charge is 0.190 e. The zero-order valence-electron chi connectivity index (χ0n) is 14.5. The summed E-state index contributed by atoms with van der Waals surface area (Å²) in [5, 5.41) is 11.8. The second-order valence-electron chi connectivity index (χ2n) is 7.66. The van der Waals surface area contributed by atoms with Gasteiger partial charge in [0.1, 0.15) is 23.9 Å². The number of aliphatic hydroxyl groups is 1. The topological polar surface area (TPSA) is 66.4 Å². The van der Waals surface area contributed by atoms with Crippen LogP contribution in [0.3, 0.4) is 0 Å². The van der Waals surface area contributed by atoms with Crippen molar-refractivity contribution in [2.45, 2.75) is 80.5 Å². The van der Waals surface area contributed by atoms with Crippen molar-refractivity contribution in [3.8, 4) is 0 Å². The average molecular weight is 379 g/mol. The molecular formula is C16H26O6S2. The lowest BCUT2D eigenvalue weighted by molar-refractivity contribution is -0.245. The highest BCUT2D eigenvalue weighted by molar-refractivity contribution is 8.17. The van der Waals surface area contributed by atoms with E-state index in [9.17, 15) is 5.11 Å². The highest BCUT2D eigenvalue weighted by Crippen LogP contribution is 2.53. The number of thioether (sulfide) groups is 2. The molecule has 0 amide bonds. The normalized spacial score (nSPS) is 47.9. The molecule has 0 aliphatic carbocycles. The third-order valence-corrected chi connectivity index (χ3v) is 8.05. The summed E-state index contributed by atoms with van der Waals surface area (Å²) in [7, 11) is 0. The summed E-state index contributed by atoms with van der Waals surface area (Å²) in [6, 6.07) is 0. The molecule has 0 radical (unpaired) electrons. The minimum Gasteiger partial charge on any atom is -0.382 e. The molecule has 0 saturated carbocycles. The van der Waals surface area contributed by atoms with Crippen LogP contribution in [0.4, 0.5) is 0 Å². The lowest BCUT2D eigenvalue weighted by Crippen LogP contribution is -2.59. The highest BCUT2D eigenvalue weighted by Gasteiger charge is 2.69. The minimum absolute atomic E-state index is 0.0314. The maximum absolute atomic E-state index is 11.8. The van der Waals surface area contributed by atoms with Crippen molar-refractivity contribution in [1.29, 1.82) is 0 Å². The molecule has 8 heteroatoms. The summed E-state index contributed by atoms with van der Waals surface area (Å²) in [5.74, 6) is 0.634. The van der Waals surface area contributed by atoms with Crippen LogP contribution in [0.15, 0.2) is 0 Å². The molecular weight excluding hydrogens is 352 g/mol. The Hall–Kier alpha value is 0.460. The van der Waals surface area contributed by atoms with Crippen molar-refractivity contribution < 1.29 is 28.8 Å². The van der Waals surface area contributed by atoms with E-state index in [0.29, 0.717) is 6.61 Å². The van der Waals surface area contributed by atoms with Gasteiger partial charge in [-0.15, -0.1) is 23.5 Å². The molecule has 0 aromatic carbocycles. The number of hydrogen-bond donors (Lipinski definition) is 1. The second-order valence-corrected chi connectivity index (χ2v) is 10.4. The van der Waals surface area contributed by atoms with Gasteiger partial charge in [0, 0.05) is 0 Å². The van der Waals surface area contributed by atoms with Crippen molar-refractivity contribution >= 4 is 23.5 Å². The summed E-state index contributed by atoms with van der Waals surface area (Å²) in [5.41, 5.74) is -1.18. The van der Waals surface area contributed by atoms with Crippen molar-refractivity contribution in [3.05, 3.63) is 0 Å². The van der Waals surface area contributed by atoms with Crippen molar-refractivity contribution in [2.24, 2.45) is 0 Å². The first-order chi connectivity index (χ1) is 11.2. The van der Waals surface area contributed by atoms with E-state index in [2.05, 4.69) is 0 Å². The van der Waals surface area contributed by atoms with E-state index >= 15 is 0 Å². The quantitative estimate of drug-likeness (QED) is 0.782. The van der Waals surface area contributed by atoms with Gasteiger partial charge in [0.25, 0.3) is 0 Å². The second kappa shape index (κ2) is 5.99. The Morgan fingerprint density at radius 3 is 2.25 bits per heavy atom. The molecule has 4 saturated heterocycles. The van der Waals surface area contributed by atoms with Crippen LogP contribution in [0.25, 0.3) is 0 Å². The summed E-state index contributed by atoms with van der Waals surface area (Å²) >= 11 is 3.54. The monoisotopic (exact) mass is 378 g/mol. The number of rotatable bonds is 2. The van der Waals surface area contributed by atoms with Gasteiger partial charge < -0.3 is 28.8 Å². The molecule has 6 nitrogen and oxygen atoms in total. The first kappa shape index (κ1) is 17.9. The van der Waals surface area contributed by atoms with Crippen LogP contribution < -0.4 is 0 Å². The lowest BCUT2D eigenvalue weighted by atomic mass is 9.91. The molecule has 0 aromatic rings. The third kappa shape index (κ3) is 2.93. The van der Waals surface area contributed by atoms with Crippen molar-refractivity contribution in [1.82, 2.24) is 0 Å². The Kier molecular flexibility index (Phi) is 4.45. The Morgan fingerprint density at radius 1 is 0.917 bits per heavy atom. The first-order valence-corrected chi connectivity index (χ1v) is 10.6. The molecule has 4 rings (SSSR count). The van der Waals surface area contributed by atoms with Gasteiger partial charge in [-0.2, -0.15) is 0 Å². The summed E-state index contributed by atoms with van der Waals surface area (Å²) in [6.07, 6.45) is -0.818. The molecule has 0 bridgehead atoms. The van der Waals surface area contributed by atoms with Crippen LogP contribution in [-0.4, -0.2) is 69.6 Å². The molecule has 5 atom stereocenters. The summed E-state index contributed by atoms with van der Waals surface area (Å²) < 4.78 is 29.8. The minimum atomic E-state index is -1.18. The Bertz CT molecular complexity index is 495. The van der Waals surface area contributed by atoms with Crippen LogP contribution in [0.1, 0.15) is 34.1 Å². The molecule has 0 aromatic heterocycles. The van der Waals surface area contributed by atoms with Gasteiger partial charge in [0.05, 0.1) is 11.2 Å². The van der Waals surface area contributed by atoms with E-state index in [4.69, 9.17) is 23.7 Å². The fourth-order valence-corrected chi connectivity index (χ4v) is 7.10. The third-order valence-electron chi connectivity index (χ3n) is 4.82. The van der Waals surface area contributed by atoms with E-state index in [1.54, 1.807) is 23.5 Å². The first-order valence-electron chi connectivity index (χ1n) is 8.50. The molecule has 1 N–H and O–H groups in total. The summed E-state index contributed by atoms with van der Waals surface area (Å²) in [6.45, 7) is 7.85. The van der Waals surface area contributed by atoms with E-state index in [1.165, 1.54) is 0 Å². The fraction of sp³-hybridized carbons (Fsp3) is 1.00. The molecule has 0 unspecified atom stereocenters. The van der Waals surface area contributed by atoms with Crippen molar-refractivity contribution in [2.75, 3.05) is 18.1 Å². The van der Waals surface area contributed by atoms with Gasteiger partial charge in [0.2, 0.25) is 0 Å². The number of fused-ring (bicyclic) bond motifs is 1. The molecule has 138 valence electrons. The SMILES string of the molecule is CC1(C)OC[C@H]([C@H]2O[C@@H]3OC(C)(C)O[C@@H]3[C@@]2(O)C2SCCCS2)O1. The van der Waals surface area contributed by atoms with Crippen LogP contribution >= 0.6 is 23.5 Å². The van der Waals surface area contributed by atoms with Gasteiger partial charge >= 0.3 is 0 Å². The van der Waals surface area contributed by atoms with Crippen LogP contribution in [-0.2, 0) is 23.7 Å². The fourth-order valence-electron chi connectivity index (χ4n) is 3.83. The average Bonchev–Trinajstić information content (AvgIpc) is 3.11. The maximum atomic E-state index is 11.8. The van der Waals surface area contributed by atoms with Crippen LogP contribution in [0.2, 0.25) is 0 Å². The van der Waals surface area contributed by atoms with E-state index in [-0.39, 0.29) is 10.7 Å². The number of hydrogen-bond acceptors (Lipinski definition) is 8. The van der Waals surface area contributed by atoms with Gasteiger partial charge in [-0.05, 0) is 45.6 Å². The van der Waals surface area contributed by atoms with Gasteiger partial charge in [-0.25, -0.2) is 0 Å². The zero-order chi connectivity index (χ0) is 17.2. The van der Waals surface area contributed by atoms with Crippen LogP contribution in [0, 0.1) is 0 Å². The lowest BCUT2D eigenvalue weighted by Gasteiger charge is -2.42. The van der Waals surface area contributed by atoms with E-state index in [1.807, 2.05) is 27.7 Å². The van der Waals surface area contributed by atoms with E-state index < -0.39 is 35.7 Å². The van der Waals surface area contributed by atoms with Crippen LogP contribution in [0.5, 0.6) is 0 Å². The van der Waals surface area contributed by atoms with Gasteiger partial charge in [-0.3, -0.25) is 0 Å².